The summed E-state index contributed by atoms with van der Waals surface area (Å²) >= 11 is 1.59. The van der Waals surface area contributed by atoms with E-state index in [4.69, 9.17) is 0 Å². The molecule has 7 nitrogen and oxygen atoms in total. The van der Waals surface area contributed by atoms with Crippen molar-refractivity contribution >= 4 is 29.5 Å². The third-order valence-corrected chi connectivity index (χ3v) is 10.6. The number of rotatable bonds is 7. The largest absolute Gasteiger partial charge is 0.394 e. The highest BCUT2D eigenvalue weighted by Crippen LogP contribution is 2.61. The second-order valence-corrected chi connectivity index (χ2v) is 12.8. The number of carbonyl (C=O) groups is 3. The first-order valence-electron chi connectivity index (χ1n) is 13.8. The molecule has 204 valence electrons. The molecular formula is C30H39N3O4S. The van der Waals surface area contributed by atoms with E-state index in [1.165, 1.54) is 0 Å². The molecule has 1 aromatic rings. The van der Waals surface area contributed by atoms with Gasteiger partial charge in [0.2, 0.25) is 17.7 Å². The van der Waals surface area contributed by atoms with Gasteiger partial charge < -0.3 is 19.8 Å². The van der Waals surface area contributed by atoms with E-state index in [0.29, 0.717) is 19.6 Å². The van der Waals surface area contributed by atoms with Crippen LogP contribution in [0.4, 0.5) is 0 Å². The lowest BCUT2D eigenvalue weighted by Crippen LogP contribution is -2.58. The van der Waals surface area contributed by atoms with Gasteiger partial charge in [0.1, 0.15) is 6.04 Å². The molecule has 8 heteroatoms. The van der Waals surface area contributed by atoms with E-state index in [-0.39, 0.29) is 41.5 Å². The maximum Gasteiger partial charge on any atom is 0.247 e. The third kappa shape index (κ3) is 4.20. The second-order valence-electron chi connectivity index (χ2n) is 11.3. The van der Waals surface area contributed by atoms with Crippen molar-refractivity contribution < 1.29 is 19.5 Å². The summed E-state index contributed by atoms with van der Waals surface area (Å²) in [5.41, 5.74) is 1.04. The molecule has 1 aromatic carbocycles. The number of aliphatic hydroxyl groups excluding tert-OH is 1. The number of hydrogen-bond donors (Lipinski definition) is 1. The van der Waals surface area contributed by atoms with Gasteiger partial charge in [-0.2, -0.15) is 0 Å². The molecule has 0 radical (unpaired) electrons. The smallest absolute Gasteiger partial charge is 0.247 e. The third-order valence-electron chi connectivity index (χ3n) is 8.90. The zero-order valence-corrected chi connectivity index (χ0v) is 23.5. The quantitative estimate of drug-likeness (QED) is 0.541. The zero-order chi connectivity index (χ0) is 27.2. The topological polar surface area (TPSA) is 81.2 Å². The van der Waals surface area contributed by atoms with Crippen molar-refractivity contribution in [1.82, 2.24) is 14.7 Å². The number of aliphatic hydroxyl groups is 1. The monoisotopic (exact) mass is 537 g/mol. The molecule has 1 unspecified atom stereocenters. The predicted molar refractivity (Wildman–Crippen MR) is 149 cm³/mol. The lowest BCUT2D eigenvalue weighted by atomic mass is 9.78. The van der Waals surface area contributed by atoms with Crippen molar-refractivity contribution in [3.8, 4) is 0 Å². The van der Waals surface area contributed by atoms with Gasteiger partial charge in [0.05, 0.1) is 29.2 Å². The molecular weight excluding hydrogens is 498 g/mol. The summed E-state index contributed by atoms with van der Waals surface area (Å²) in [6, 6.07) is 8.62. The minimum absolute atomic E-state index is 0.00691. The SMILES string of the molecule is CC[C@H](C)[C@H](CO)N1C(=O)[C@@H]2[C@H]3C(=O)N(Cc4ccccc4)CC=C[C@H]3S[C@@]23C=CCN(C(C)C)C(=O)C13. The van der Waals surface area contributed by atoms with Gasteiger partial charge in [-0.05, 0) is 25.3 Å². The van der Waals surface area contributed by atoms with Crippen LogP contribution >= 0.6 is 11.8 Å². The summed E-state index contributed by atoms with van der Waals surface area (Å²) in [5.74, 6) is -1.54. The minimum atomic E-state index is -0.857. The number of carbonyl (C=O) groups excluding carboxylic acids is 3. The number of thioether (sulfide) groups is 1. The molecule has 2 saturated heterocycles. The maximum absolute atomic E-state index is 14.5. The molecule has 5 rings (SSSR count). The maximum atomic E-state index is 14.5. The van der Waals surface area contributed by atoms with Crippen LogP contribution in [-0.2, 0) is 20.9 Å². The van der Waals surface area contributed by atoms with Crippen LogP contribution < -0.4 is 0 Å². The summed E-state index contributed by atoms with van der Waals surface area (Å²) in [6.07, 6.45) is 8.93. The van der Waals surface area contributed by atoms with Crippen LogP contribution in [0, 0.1) is 17.8 Å². The average Bonchev–Trinajstić information content (AvgIpc) is 3.22. The van der Waals surface area contributed by atoms with Crippen LogP contribution in [0.1, 0.15) is 39.7 Å². The van der Waals surface area contributed by atoms with Crippen LogP contribution in [0.15, 0.2) is 54.6 Å². The fourth-order valence-corrected chi connectivity index (χ4v) is 8.72. The van der Waals surface area contributed by atoms with Gasteiger partial charge in [0.25, 0.3) is 0 Å². The Morgan fingerprint density at radius 3 is 2.42 bits per heavy atom. The van der Waals surface area contributed by atoms with Crippen LogP contribution in [0.3, 0.4) is 0 Å². The van der Waals surface area contributed by atoms with E-state index in [2.05, 4.69) is 6.08 Å². The van der Waals surface area contributed by atoms with E-state index in [1.54, 1.807) is 16.7 Å². The van der Waals surface area contributed by atoms with Crippen molar-refractivity contribution in [2.24, 2.45) is 17.8 Å². The predicted octanol–water partition coefficient (Wildman–Crippen LogP) is 3.10. The first-order chi connectivity index (χ1) is 18.2. The molecule has 1 spiro atoms. The Labute approximate surface area is 229 Å². The number of benzene rings is 1. The fourth-order valence-electron chi connectivity index (χ4n) is 6.73. The molecule has 4 aliphatic rings. The number of nitrogens with zero attached hydrogens (tertiary/aromatic N) is 3. The standard InChI is InChI=1S/C30H39N3O4S/c1-5-20(4)22(18-34)33-26-29(37)32(19(2)3)16-10-14-30(26)25(28(33)36)24-23(38-30)13-9-15-31(27(24)35)17-21-11-7-6-8-12-21/h6-14,19-20,22-26,34H,5,15-18H2,1-4H3/t20-,22-,23+,24-,25-,26?,30-/m0/s1. The van der Waals surface area contributed by atoms with E-state index < -0.39 is 28.7 Å². The van der Waals surface area contributed by atoms with Gasteiger partial charge in [0.15, 0.2) is 0 Å². The number of hydrogen-bond acceptors (Lipinski definition) is 5. The number of likely N-dealkylation sites (tertiary alicyclic amines) is 1. The molecule has 2 fully saturated rings. The van der Waals surface area contributed by atoms with Crippen molar-refractivity contribution in [2.75, 3.05) is 19.7 Å². The van der Waals surface area contributed by atoms with Gasteiger partial charge in [-0.3, -0.25) is 14.4 Å². The molecule has 38 heavy (non-hydrogen) atoms. The molecule has 7 atom stereocenters. The summed E-state index contributed by atoms with van der Waals surface area (Å²) < 4.78 is -0.857. The number of amides is 3. The van der Waals surface area contributed by atoms with Crippen molar-refractivity contribution in [1.29, 1.82) is 0 Å². The summed E-state index contributed by atoms with van der Waals surface area (Å²) in [6.45, 7) is 9.24. The molecule has 0 aromatic heterocycles. The highest BCUT2D eigenvalue weighted by Gasteiger charge is 2.72. The van der Waals surface area contributed by atoms with Gasteiger partial charge >= 0.3 is 0 Å². The van der Waals surface area contributed by atoms with Crippen LogP contribution in [0.2, 0.25) is 0 Å². The average molecular weight is 538 g/mol. The highest BCUT2D eigenvalue weighted by molar-refractivity contribution is 8.02. The second kappa shape index (κ2) is 10.5. The van der Waals surface area contributed by atoms with Crippen molar-refractivity contribution in [3.63, 3.8) is 0 Å². The summed E-state index contributed by atoms with van der Waals surface area (Å²) in [7, 11) is 0. The fraction of sp³-hybridized carbons (Fsp3) is 0.567. The normalized spacial score (nSPS) is 32.3. The van der Waals surface area contributed by atoms with E-state index >= 15 is 0 Å². The van der Waals surface area contributed by atoms with Gasteiger partial charge in [-0.25, -0.2) is 0 Å². The van der Waals surface area contributed by atoms with Crippen LogP contribution in [0.5, 0.6) is 0 Å². The lowest BCUT2D eigenvalue weighted by Gasteiger charge is -2.41. The minimum Gasteiger partial charge on any atom is -0.394 e. The molecule has 0 bridgehead atoms. The Morgan fingerprint density at radius 2 is 1.76 bits per heavy atom. The Hall–Kier alpha value is -2.58. The molecule has 4 heterocycles. The van der Waals surface area contributed by atoms with E-state index in [0.717, 1.165) is 12.0 Å². The van der Waals surface area contributed by atoms with E-state index in [1.807, 2.05) is 86.1 Å². The Bertz CT molecular complexity index is 1140. The van der Waals surface area contributed by atoms with Gasteiger partial charge in [0, 0.05) is 30.9 Å². The van der Waals surface area contributed by atoms with Gasteiger partial charge in [-0.15, -0.1) is 11.8 Å². The van der Waals surface area contributed by atoms with Crippen molar-refractivity contribution in [2.45, 2.75) is 68.8 Å². The summed E-state index contributed by atoms with van der Waals surface area (Å²) in [4.78, 5) is 48.3. The van der Waals surface area contributed by atoms with E-state index in [9.17, 15) is 19.5 Å². The Balaban J connectivity index is 1.59. The Kier molecular flexibility index (Phi) is 7.48. The van der Waals surface area contributed by atoms with Crippen LogP contribution in [0.25, 0.3) is 0 Å². The molecule has 4 aliphatic heterocycles. The first-order valence-corrected chi connectivity index (χ1v) is 14.7. The molecule has 3 amide bonds. The van der Waals surface area contributed by atoms with Crippen molar-refractivity contribution in [3.05, 3.63) is 60.2 Å². The highest BCUT2D eigenvalue weighted by atomic mass is 32.2. The molecule has 0 aliphatic carbocycles. The lowest BCUT2D eigenvalue weighted by molar-refractivity contribution is -0.148. The van der Waals surface area contributed by atoms with Gasteiger partial charge in [-0.1, -0.05) is 74.9 Å². The number of fused-ring (bicyclic) bond motifs is 2. The molecule has 1 N–H and O–H groups in total. The Morgan fingerprint density at radius 1 is 1.03 bits per heavy atom. The molecule has 0 saturated carbocycles. The van der Waals surface area contributed by atoms with Crippen LogP contribution in [-0.4, -0.2) is 85.3 Å². The summed E-state index contributed by atoms with van der Waals surface area (Å²) in [5, 5.41) is 10.3. The zero-order valence-electron chi connectivity index (χ0n) is 22.7. The first kappa shape index (κ1) is 27.0.